The SMILES string of the molecule is O=C(Nc1cc(Oc2cccc(C(F)(F)F)c2)cc([N+](=O)[O-])c1)c1cn(-c2ccccc2)nc1C12CC3CC(CC(C3)C1)C2. The Morgan fingerprint density at radius 2 is 1.61 bits per heavy atom. The minimum Gasteiger partial charge on any atom is -0.457 e. The summed E-state index contributed by atoms with van der Waals surface area (Å²) in [5.41, 5.74) is 0.543. The number of hydrogen-bond donors (Lipinski definition) is 1. The van der Waals surface area contributed by atoms with Crippen LogP contribution < -0.4 is 10.1 Å². The van der Waals surface area contributed by atoms with Gasteiger partial charge in [0.25, 0.3) is 11.6 Å². The first-order chi connectivity index (χ1) is 21.0. The lowest BCUT2D eigenvalue weighted by molar-refractivity contribution is -0.384. The third-order valence-corrected chi connectivity index (χ3v) is 9.28. The smallest absolute Gasteiger partial charge is 0.416 e. The first kappa shape index (κ1) is 28.1. The van der Waals surface area contributed by atoms with Crippen molar-refractivity contribution in [3.05, 3.63) is 106 Å². The zero-order valence-corrected chi connectivity index (χ0v) is 23.6. The number of alkyl halides is 3. The van der Waals surface area contributed by atoms with E-state index in [0.717, 1.165) is 48.8 Å². The summed E-state index contributed by atoms with van der Waals surface area (Å²) in [6.45, 7) is 0. The number of nitrogens with one attached hydrogen (secondary N) is 1. The van der Waals surface area contributed by atoms with Gasteiger partial charge in [-0.25, -0.2) is 4.68 Å². The van der Waals surface area contributed by atoms with Gasteiger partial charge in [0.05, 0.1) is 39.2 Å². The molecule has 4 bridgehead atoms. The number of amides is 1. The molecule has 4 aromatic rings. The molecule has 1 amide bonds. The quantitative estimate of drug-likeness (QED) is 0.169. The largest absolute Gasteiger partial charge is 0.457 e. The summed E-state index contributed by atoms with van der Waals surface area (Å²) in [5, 5.41) is 19.6. The number of nitrogens with zero attached hydrogens (tertiary/aromatic N) is 3. The zero-order valence-electron chi connectivity index (χ0n) is 23.6. The summed E-state index contributed by atoms with van der Waals surface area (Å²) in [7, 11) is 0. The minimum atomic E-state index is -4.58. The van der Waals surface area contributed by atoms with Crippen molar-refractivity contribution in [1.82, 2.24) is 9.78 Å². The number of rotatable bonds is 7. The van der Waals surface area contributed by atoms with Crippen LogP contribution in [-0.4, -0.2) is 20.6 Å². The van der Waals surface area contributed by atoms with E-state index in [1.165, 1.54) is 43.5 Å². The van der Waals surface area contributed by atoms with Crippen molar-refractivity contribution >= 4 is 17.3 Å². The standard InChI is InChI=1S/C33H29F3N4O4/c34-33(35,36)23-5-4-8-27(12-23)44-28-14-24(13-26(15-28)40(42)43)37-31(41)29-19-39(25-6-2-1-3-7-25)38-30(29)32-16-20-9-21(17-32)11-22(10-20)18-32/h1-8,12-15,19-22H,9-11,16-18H2,(H,37,41). The highest BCUT2D eigenvalue weighted by Crippen LogP contribution is 2.61. The third kappa shape index (κ3) is 5.31. The molecule has 0 atom stereocenters. The minimum absolute atomic E-state index is 0.0788. The van der Waals surface area contributed by atoms with E-state index in [4.69, 9.17) is 9.84 Å². The van der Waals surface area contributed by atoms with E-state index in [2.05, 4.69) is 5.32 Å². The molecule has 11 heteroatoms. The van der Waals surface area contributed by atoms with Crippen molar-refractivity contribution in [2.75, 3.05) is 5.32 Å². The summed E-state index contributed by atoms with van der Waals surface area (Å²) in [5.74, 6) is 1.15. The van der Waals surface area contributed by atoms with Gasteiger partial charge >= 0.3 is 6.18 Å². The summed E-state index contributed by atoms with van der Waals surface area (Å²) >= 11 is 0. The van der Waals surface area contributed by atoms with Gasteiger partial charge < -0.3 is 10.1 Å². The molecule has 8 rings (SSSR count). The number of nitro benzene ring substituents is 1. The molecule has 0 unspecified atom stereocenters. The number of non-ortho nitro benzene ring substituents is 1. The van der Waals surface area contributed by atoms with Crippen LogP contribution in [0.15, 0.2) is 79.0 Å². The number of anilines is 1. The van der Waals surface area contributed by atoms with Gasteiger partial charge in [-0.1, -0.05) is 24.3 Å². The zero-order chi connectivity index (χ0) is 30.6. The number of carbonyl (C=O) groups excluding carboxylic acids is 1. The predicted octanol–water partition coefficient (Wildman–Crippen LogP) is 8.31. The molecule has 0 aliphatic heterocycles. The molecule has 226 valence electrons. The molecule has 44 heavy (non-hydrogen) atoms. The monoisotopic (exact) mass is 602 g/mol. The van der Waals surface area contributed by atoms with Gasteiger partial charge in [0.15, 0.2) is 0 Å². The molecular formula is C33H29F3N4O4. The number of benzene rings is 3. The van der Waals surface area contributed by atoms with Crippen LogP contribution in [0.25, 0.3) is 5.69 Å². The van der Waals surface area contributed by atoms with Crippen LogP contribution in [0.4, 0.5) is 24.5 Å². The van der Waals surface area contributed by atoms with E-state index in [-0.39, 0.29) is 28.3 Å². The molecule has 1 heterocycles. The number of nitro groups is 1. The van der Waals surface area contributed by atoms with Crippen molar-refractivity contribution in [2.45, 2.75) is 50.1 Å². The highest BCUT2D eigenvalue weighted by molar-refractivity contribution is 6.05. The molecule has 0 radical (unpaired) electrons. The molecule has 0 spiro atoms. The normalized spacial score (nSPS) is 23.8. The number of ether oxygens (including phenoxy) is 1. The Balaban J connectivity index is 1.23. The number of halogens is 3. The molecule has 1 aromatic heterocycles. The second kappa shape index (κ2) is 10.5. The fourth-order valence-electron chi connectivity index (χ4n) is 7.94. The lowest BCUT2D eigenvalue weighted by atomic mass is 9.48. The van der Waals surface area contributed by atoms with Gasteiger partial charge in [0.1, 0.15) is 11.5 Å². The van der Waals surface area contributed by atoms with Gasteiger partial charge in [0.2, 0.25) is 0 Å². The van der Waals surface area contributed by atoms with Gasteiger partial charge in [-0.3, -0.25) is 14.9 Å². The van der Waals surface area contributed by atoms with Crippen molar-refractivity contribution in [2.24, 2.45) is 17.8 Å². The van der Waals surface area contributed by atoms with Crippen LogP contribution in [-0.2, 0) is 11.6 Å². The molecule has 3 aromatic carbocycles. The van der Waals surface area contributed by atoms with E-state index in [0.29, 0.717) is 23.3 Å². The Morgan fingerprint density at radius 1 is 0.932 bits per heavy atom. The van der Waals surface area contributed by atoms with Gasteiger partial charge in [-0.15, -0.1) is 0 Å². The van der Waals surface area contributed by atoms with Crippen molar-refractivity contribution in [3.63, 3.8) is 0 Å². The van der Waals surface area contributed by atoms with E-state index >= 15 is 0 Å². The average Bonchev–Trinajstić information content (AvgIpc) is 3.44. The van der Waals surface area contributed by atoms with Crippen LogP contribution in [0.1, 0.15) is 60.1 Å². The second-order valence-electron chi connectivity index (χ2n) is 12.4. The van der Waals surface area contributed by atoms with Crippen LogP contribution >= 0.6 is 0 Å². The molecule has 8 nitrogen and oxygen atoms in total. The van der Waals surface area contributed by atoms with Gasteiger partial charge in [-0.05, 0) is 86.6 Å². The fourth-order valence-corrected chi connectivity index (χ4v) is 7.94. The lowest BCUT2D eigenvalue weighted by Crippen LogP contribution is -2.49. The Hall–Kier alpha value is -4.67. The summed E-state index contributed by atoms with van der Waals surface area (Å²) in [4.78, 5) is 25.1. The maximum Gasteiger partial charge on any atom is 0.416 e. The maximum absolute atomic E-state index is 14.0. The molecular weight excluding hydrogens is 573 g/mol. The number of carbonyl (C=O) groups is 1. The van der Waals surface area contributed by atoms with E-state index < -0.39 is 22.6 Å². The van der Waals surface area contributed by atoms with Crippen LogP contribution in [0.5, 0.6) is 11.5 Å². The van der Waals surface area contributed by atoms with E-state index in [1.807, 2.05) is 30.3 Å². The summed E-state index contributed by atoms with van der Waals surface area (Å²) in [6, 6.07) is 17.4. The molecule has 0 saturated heterocycles. The number of hydrogen-bond acceptors (Lipinski definition) is 5. The molecule has 4 fully saturated rings. The van der Waals surface area contributed by atoms with E-state index in [9.17, 15) is 28.1 Å². The van der Waals surface area contributed by atoms with Crippen LogP contribution in [0, 0.1) is 27.9 Å². The molecule has 1 N–H and O–H groups in total. The van der Waals surface area contributed by atoms with Crippen molar-refractivity contribution in [3.8, 4) is 17.2 Å². The number of aromatic nitrogens is 2. The van der Waals surface area contributed by atoms with Crippen molar-refractivity contribution < 1.29 is 27.6 Å². The second-order valence-corrected chi connectivity index (χ2v) is 12.4. The highest BCUT2D eigenvalue weighted by Gasteiger charge is 2.54. The summed E-state index contributed by atoms with van der Waals surface area (Å²) in [6.07, 6.45) is 3.76. The van der Waals surface area contributed by atoms with Gasteiger partial charge in [0, 0.05) is 23.7 Å². The van der Waals surface area contributed by atoms with Crippen molar-refractivity contribution in [1.29, 1.82) is 0 Å². The van der Waals surface area contributed by atoms with Gasteiger partial charge in [-0.2, -0.15) is 18.3 Å². The van der Waals surface area contributed by atoms with E-state index in [1.54, 1.807) is 10.9 Å². The Morgan fingerprint density at radius 3 is 2.25 bits per heavy atom. The third-order valence-electron chi connectivity index (χ3n) is 9.28. The predicted molar refractivity (Wildman–Crippen MR) is 156 cm³/mol. The average molecular weight is 603 g/mol. The Kier molecular flexibility index (Phi) is 6.71. The fraction of sp³-hybridized carbons (Fsp3) is 0.333. The molecule has 4 saturated carbocycles. The maximum atomic E-state index is 14.0. The Bertz CT molecular complexity index is 1720. The highest BCUT2D eigenvalue weighted by atomic mass is 19.4. The molecule has 4 aliphatic carbocycles. The Labute approximate surface area is 251 Å². The molecule has 4 aliphatic rings. The van der Waals surface area contributed by atoms with Crippen LogP contribution in [0.3, 0.4) is 0 Å². The summed E-state index contributed by atoms with van der Waals surface area (Å²) < 4.78 is 47.0. The first-order valence-corrected chi connectivity index (χ1v) is 14.7. The van der Waals surface area contributed by atoms with Crippen LogP contribution in [0.2, 0.25) is 0 Å². The first-order valence-electron chi connectivity index (χ1n) is 14.7. The topological polar surface area (TPSA) is 99.3 Å². The number of para-hydroxylation sites is 1. The lowest BCUT2D eigenvalue weighted by Gasteiger charge is -2.56.